The molecule has 1 aromatic rings. The van der Waals surface area contributed by atoms with Gasteiger partial charge in [0, 0.05) is 39.0 Å². The second kappa shape index (κ2) is 8.97. The molecule has 2 rings (SSSR count). The molecule has 1 aliphatic heterocycles. The normalized spacial score (nSPS) is 16.1. The van der Waals surface area contributed by atoms with Gasteiger partial charge in [-0.15, -0.1) is 0 Å². The smallest absolute Gasteiger partial charge is 0.165 e. The summed E-state index contributed by atoms with van der Waals surface area (Å²) in [6, 6.07) is 5.05. The predicted octanol–water partition coefficient (Wildman–Crippen LogP) is 2.37. The van der Waals surface area contributed by atoms with E-state index in [0.717, 1.165) is 38.2 Å². The summed E-state index contributed by atoms with van der Waals surface area (Å²) < 4.78 is 30.0. The maximum absolute atomic E-state index is 14.0. The van der Waals surface area contributed by atoms with Crippen LogP contribution in [0, 0.1) is 11.7 Å². The van der Waals surface area contributed by atoms with Crippen LogP contribution >= 0.6 is 0 Å². The van der Waals surface area contributed by atoms with E-state index in [1.807, 2.05) is 6.07 Å². The minimum Gasteiger partial charge on any atom is -0.490 e. The van der Waals surface area contributed by atoms with Crippen LogP contribution in [0.15, 0.2) is 18.2 Å². The number of ether oxygens (including phenoxy) is 3. The molecule has 0 atom stereocenters. The Kier molecular flexibility index (Phi) is 6.92. The van der Waals surface area contributed by atoms with Crippen LogP contribution in [0.5, 0.6) is 5.75 Å². The molecular formula is C16H24FNO3. The van der Waals surface area contributed by atoms with Crippen LogP contribution < -0.4 is 10.1 Å². The van der Waals surface area contributed by atoms with Gasteiger partial charge in [-0.3, -0.25) is 0 Å². The molecule has 0 aliphatic carbocycles. The van der Waals surface area contributed by atoms with Crippen molar-refractivity contribution in [3.8, 4) is 5.75 Å². The second-order valence-electron chi connectivity index (χ2n) is 5.26. The topological polar surface area (TPSA) is 39.7 Å². The predicted molar refractivity (Wildman–Crippen MR) is 79.0 cm³/mol. The molecule has 1 saturated heterocycles. The highest BCUT2D eigenvalue weighted by molar-refractivity contribution is 5.34. The van der Waals surface area contributed by atoms with Gasteiger partial charge in [-0.25, -0.2) is 4.39 Å². The molecule has 0 bridgehead atoms. The molecule has 0 spiro atoms. The zero-order valence-corrected chi connectivity index (χ0v) is 12.6. The Morgan fingerprint density at radius 2 is 2.14 bits per heavy atom. The summed E-state index contributed by atoms with van der Waals surface area (Å²) >= 11 is 0. The number of hydrogen-bond donors (Lipinski definition) is 1. The van der Waals surface area contributed by atoms with Crippen molar-refractivity contribution in [1.82, 2.24) is 5.32 Å². The van der Waals surface area contributed by atoms with E-state index in [9.17, 15) is 4.39 Å². The Balaban J connectivity index is 1.89. The number of halogens is 1. The summed E-state index contributed by atoms with van der Waals surface area (Å²) in [6.07, 6.45) is 1.96. The molecule has 21 heavy (non-hydrogen) atoms. The van der Waals surface area contributed by atoms with Crippen molar-refractivity contribution < 1.29 is 18.6 Å². The molecule has 1 aromatic carbocycles. The first kappa shape index (κ1) is 16.2. The van der Waals surface area contributed by atoms with Crippen LogP contribution in [-0.2, 0) is 16.0 Å². The average molecular weight is 297 g/mol. The summed E-state index contributed by atoms with van der Waals surface area (Å²) in [7, 11) is 1.66. The maximum Gasteiger partial charge on any atom is 0.165 e. The third kappa shape index (κ3) is 5.26. The van der Waals surface area contributed by atoms with Gasteiger partial charge in [0.2, 0.25) is 0 Å². The Morgan fingerprint density at radius 3 is 2.90 bits per heavy atom. The third-order valence-electron chi connectivity index (χ3n) is 3.65. The van der Waals surface area contributed by atoms with E-state index >= 15 is 0 Å². The van der Waals surface area contributed by atoms with Gasteiger partial charge in [0.25, 0.3) is 0 Å². The second-order valence-corrected chi connectivity index (χ2v) is 5.26. The van der Waals surface area contributed by atoms with Gasteiger partial charge in [-0.1, -0.05) is 12.1 Å². The summed E-state index contributed by atoms with van der Waals surface area (Å²) in [4.78, 5) is 0. The van der Waals surface area contributed by atoms with Crippen LogP contribution in [-0.4, -0.2) is 40.1 Å². The highest BCUT2D eigenvalue weighted by atomic mass is 19.1. The number of nitrogens with one attached hydrogen (secondary N) is 1. The number of rotatable bonds is 8. The summed E-state index contributed by atoms with van der Waals surface area (Å²) in [5.41, 5.74) is 0.846. The molecule has 0 radical (unpaired) electrons. The van der Waals surface area contributed by atoms with Crippen molar-refractivity contribution in [3.63, 3.8) is 0 Å². The molecule has 0 saturated carbocycles. The van der Waals surface area contributed by atoms with Crippen molar-refractivity contribution in [2.75, 3.05) is 40.1 Å². The molecule has 0 unspecified atom stereocenters. The maximum atomic E-state index is 14.0. The van der Waals surface area contributed by atoms with Crippen LogP contribution in [0.1, 0.15) is 18.4 Å². The minimum absolute atomic E-state index is 0.298. The van der Waals surface area contributed by atoms with E-state index in [1.54, 1.807) is 13.2 Å². The number of methoxy groups -OCH3 is 1. The van der Waals surface area contributed by atoms with Crippen molar-refractivity contribution in [1.29, 1.82) is 0 Å². The van der Waals surface area contributed by atoms with Gasteiger partial charge in [0.1, 0.15) is 0 Å². The Labute approximate surface area is 125 Å². The summed E-state index contributed by atoms with van der Waals surface area (Å²) in [5.74, 6) is 0.523. The lowest BCUT2D eigenvalue weighted by Gasteiger charge is -2.23. The van der Waals surface area contributed by atoms with E-state index < -0.39 is 0 Å². The standard InChI is InChI=1S/C16H24FNO3/c1-19-10-7-18-11-14-3-2-4-15(17)16(14)21-12-13-5-8-20-9-6-13/h2-4,13,18H,5-12H2,1H3. The molecule has 1 N–H and O–H groups in total. The molecule has 0 amide bonds. The van der Waals surface area contributed by atoms with Gasteiger partial charge in [-0.05, 0) is 24.8 Å². The van der Waals surface area contributed by atoms with E-state index in [2.05, 4.69) is 5.32 Å². The quantitative estimate of drug-likeness (QED) is 0.748. The van der Waals surface area contributed by atoms with Gasteiger partial charge < -0.3 is 19.5 Å². The van der Waals surface area contributed by atoms with Gasteiger partial charge in [0.15, 0.2) is 11.6 Å². The number of para-hydroxylation sites is 1. The third-order valence-corrected chi connectivity index (χ3v) is 3.65. The van der Waals surface area contributed by atoms with E-state index in [0.29, 0.717) is 31.4 Å². The fourth-order valence-corrected chi connectivity index (χ4v) is 2.37. The Bertz CT molecular complexity index is 422. The lowest BCUT2D eigenvalue weighted by atomic mass is 10.0. The Hall–Kier alpha value is -1.17. The van der Waals surface area contributed by atoms with E-state index in [1.165, 1.54) is 6.07 Å². The van der Waals surface area contributed by atoms with E-state index in [4.69, 9.17) is 14.2 Å². The molecule has 118 valence electrons. The fourth-order valence-electron chi connectivity index (χ4n) is 2.37. The van der Waals surface area contributed by atoms with Crippen LogP contribution in [0.4, 0.5) is 4.39 Å². The van der Waals surface area contributed by atoms with Crippen LogP contribution in [0.3, 0.4) is 0 Å². The summed E-state index contributed by atoms with van der Waals surface area (Å²) in [5, 5.41) is 3.22. The molecule has 1 heterocycles. The minimum atomic E-state index is -0.298. The van der Waals surface area contributed by atoms with Gasteiger partial charge >= 0.3 is 0 Å². The molecule has 4 nitrogen and oxygen atoms in total. The fraction of sp³-hybridized carbons (Fsp3) is 0.625. The zero-order valence-electron chi connectivity index (χ0n) is 12.6. The lowest BCUT2D eigenvalue weighted by molar-refractivity contribution is 0.0490. The lowest BCUT2D eigenvalue weighted by Crippen LogP contribution is -2.23. The highest BCUT2D eigenvalue weighted by Crippen LogP contribution is 2.24. The molecule has 5 heteroatoms. The largest absolute Gasteiger partial charge is 0.490 e. The monoisotopic (exact) mass is 297 g/mol. The zero-order chi connectivity index (χ0) is 14.9. The molecule has 1 fully saturated rings. The van der Waals surface area contributed by atoms with Crippen molar-refractivity contribution >= 4 is 0 Å². The van der Waals surface area contributed by atoms with Gasteiger partial charge in [-0.2, -0.15) is 0 Å². The summed E-state index contributed by atoms with van der Waals surface area (Å²) in [6.45, 7) is 4.03. The average Bonchev–Trinajstić information content (AvgIpc) is 2.52. The Morgan fingerprint density at radius 1 is 1.33 bits per heavy atom. The first-order valence-corrected chi connectivity index (χ1v) is 7.49. The molecule has 1 aliphatic rings. The number of hydrogen-bond acceptors (Lipinski definition) is 4. The SMILES string of the molecule is COCCNCc1cccc(F)c1OCC1CCOCC1. The number of benzene rings is 1. The first-order valence-electron chi connectivity index (χ1n) is 7.49. The first-order chi connectivity index (χ1) is 10.3. The van der Waals surface area contributed by atoms with Crippen molar-refractivity contribution in [2.45, 2.75) is 19.4 Å². The van der Waals surface area contributed by atoms with Crippen molar-refractivity contribution in [3.05, 3.63) is 29.6 Å². The highest BCUT2D eigenvalue weighted by Gasteiger charge is 2.16. The van der Waals surface area contributed by atoms with Crippen molar-refractivity contribution in [2.24, 2.45) is 5.92 Å². The van der Waals surface area contributed by atoms with Gasteiger partial charge in [0.05, 0.1) is 13.2 Å². The molecule has 0 aromatic heterocycles. The van der Waals surface area contributed by atoms with E-state index in [-0.39, 0.29) is 5.82 Å². The van der Waals surface area contributed by atoms with Crippen LogP contribution in [0.2, 0.25) is 0 Å². The van der Waals surface area contributed by atoms with Crippen LogP contribution in [0.25, 0.3) is 0 Å². The molecular weight excluding hydrogens is 273 g/mol.